The van der Waals surface area contributed by atoms with E-state index < -0.39 is 5.95 Å². The summed E-state index contributed by atoms with van der Waals surface area (Å²) in [5.74, 6) is -0.0346. The smallest absolute Gasteiger partial charge is 0.223 e. The third-order valence-electron chi connectivity index (χ3n) is 2.06. The van der Waals surface area contributed by atoms with Gasteiger partial charge >= 0.3 is 0 Å². The molecule has 3 nitrogen and oxygen atoms in total. The highest BCUT2D eigenvalue weighted by atomic mass is 35.5. The van der Waals surface area contributed by atoms with Crippen LogP contribution < -0.4 is 4.74 Å². The quantitative estimate of drug-likeness (QED) is 0.755. The van der Waals surface area contributed by atoms with Gasteiger partial charge in [-0.3, -0.25) is 4.98 Å². The monoisotopic (exact) mass is 238 g/mol. The molecule has 0 aliphatic rings. The van der Waals surface area contributed by atoms with Crippen molar-refractivity contribution in [2.45, 2.75) is 0 Å². The molecule has 82 valence electrons. The molecular weight excluding hydrogens is 231 g/mol. The van der Waals surface area contributed by atoms with Crippen LogP contribution in [0.25, 0.3) is 11.3 Å². The summed E-state index contributed by atoms with van der Waals surface area (Å²) in [7, 11) is 1.54. The topological polar surface area (TPSA) is 35.0 Å². The molecule has 0 saturated heterocycles. The number of rotatable bonds is 2. The van der Waals surface area contributed by atoms with Crippen LogP contribution in [0.3, 0.4) is 0 Å². The molecule has 0 bridgehead atoms. The first-order valence-electron chi connectivity index (χ1n) is 4.53. The van der Waals surface area contributed by atoms with Crippen molar-refractivity contribution in [1.29, 1.82) is 0 Å². The Bertz CT molecular complexity index is 519. The number of hydrogen-bond donors (Lipinski definition) is 0. The molecule has 0 unspecified atom stereocenters. The lowest BCUT2D eigenvalue weighted by Crippen LogP contribution is -1.92. The summed E-state index contributed by atoms with van der Waals surface area (Å²) < 4.78 is 18.5. The summed E-state index contributed by atoms with van der Waals surface area (Å²) in [6.45, 7) is 0. The zero-order chi connectivity index (χ0) is 11.5. The summed E-state index contributed by atoms with van der Waals surface area (Å²) in [5.41, 5.74) is 0.754. The third kappa shape index (κ3) is 2.12. The molecule has 0 N–H and O–H groups in total. The SMILES string of the molecule is COc1ccnc(-c2ccc(Cl)nc2F)c1. The average molecular weight is 239 g/mol. The largest absolute Gasteiger partial charge is 0.497 e. The number of halogens is 2. The molecule has 0 aliphatic heterocycles. The first kappa shape index (κ1) is 10.8. The van der Waals surface area contributed by atoms with Crippen LogP contribution in [0.1, 0.15) is 0 Å². The maximum absolute atomic E-state index is 13.5. The standard InChI is InChI=1S/C11H8ClFN2O/c1-16-7-4-5-14-9(6-7)8-2-3-10(12)15-11(8)13/h2-6H,1H3. The van der Waals surface area contributed by atoms with Gasteiger partial charge in [0, 0.05) is 12.3 Å². The molecule has 0 amide bonds. The maximum atomic E-state index is 13.5. The van der Waals surface area contributed by atoms with Crippen molar-refractivity contribution in [2.75, 3.05) is 7.11 Å². The van der Waals surface area contributed by atoms with Crippen LogP contribution >= 0.6 is 11.6 Å². The van der Waals surface area contributed by atoms with E-state index in [-0.39, 0.29) is 5.15 Å². The molecule has 0 radical (unpaired) electrons. The number of aromatic nitrogens is 2. The lowest BCUT2D eigenvalue weighted by Gasteiger charge is -2.04. The first-order chi connectivity index (χ1) is 7.70. The Morgan fingerprint density at radius 2 is 2.12 bits per heavy atom. The van der Waals surface area contributed by atoms with E-state index in [1.807, 2.05) is 0 Å². The fourth-order valence-corrected chi connectivity index (χ4v) is 1.43. The highest BCUT2D eigenvalue weighted by Gasteiger charge is 2.09. The van der Waals surface area contributed by atoms with Crippen molar-refractivity contribution >= 4 is 11.6 Å². The number of hydrogen-bond acceptors (Lipinski definition) is 3. The minimum absolute atomic E-state index is 0.115. The Morgan fingerprint density at radius 3 is 2.81 bits per heavy atom. The fourth-order valence-electron chi connectivity index (χ4n) is 1.29. The Labute approximate surface area is 96.9 Å². The Balaban J connectivity index is 2.49. The second-order valence-corrected chi connectivity index (χ2v) is 3.44. The predicted octanol–water partition coefficient (Wildman–Crippen LogP) is 2.94. The molecule has 0 spiro atoms. The maximum Gasteiger partial charge on any atom is 0.223 e. The molecule has 0 saturated carbocycles. The van der Waals surface area contributed by atoms with Crippen LogP contribution in [-0.2, 0) is 0 Å². The molecule has 0 atom stereocenters. The van der Waals surface area contributed by atoms with E-state index in [4.69, 9.17) is 16.3 Å². The van der Waals surface area contributed by atoms with Crippen LogP contribution in [0.15, 0.2) is 30.5 Å². The number of ether oxygens (including phenoxy) is 1. The van der Waals surface area contributed by atoms with E-state index in [0.717, 1.165) is 0 Å². The Morgan fingerprint density at radius 1 is 1.31 bits per heavy atom. The normalized spacial score (nSPS) is 10.2. The highest BCUT2D eigenvalue weighted by molar-refractivity contribution is 6.29. The van der Waals surface area contributed by atoms with Crippen molar-refractivity contribution in [2.24, 2.45) is 0 Å². The van der Waals surface area contributed by atoms with E-state index in [1.54, 1.807) is 18.3 Å². The van der Waals surface area contributed by atoms with Gasteiger partial charge in [0.15, 0.2) is 0 Å². The van der Waals surface area contributed by atoms with Crippen molar-refractivity contribution < 1.29 is 9.13 Å². The minimum atomic E-state index is -0.645. The van der Waals surface area contributed by atoms with E-state index in [1.165, 1.54) is 19.2 Å². The van der Waals surface area contributed by atoms with Gasteiger partial charge in [-0.1, -0.05) is 11.6 Å². The first-order valence-corrected chi connectivity index (χ1v) is 4.91. The Hall–Kier alpha value is -1.68. The van der Waals surface area contributed by atoms with Gasteiger partial charge in [-0.2, -0.15) is 4.39 Å². The summed E-state index contributed by atoms with van der Waals surface area (Å²) in [6, 6.07) is 6.37. The summed E-state index contributed by atoms with van der Waals surface area (Å²) in [4.78, 5) is 7.57. The van der Waals surface area contributed by atoms with Gasteiger partial charge in [-0.25, -0.2) is 4.98 Å². The highest BCUT2D eigenvalue weighted by Crippen LogP contribution is 2.24. The number of pyridine rings is 2. The van der Waals surface area contributed by atoms with Gasteiger partial charge < -0.3 is 4.74 Å². The van der Waals surface area contributed by atoms with Crippen molar-refractivity contribution in [3.63, 3.8) is 0 Å². The van der Waals surface area contributed by atoms with Crippen LogP contribution in [0, 0.1) is 5.95 Å². The predicted molar refractivity (Wildman–Crippen MR) is 59.0 cm³/mol. The molecule has 2 heterocycles. The molecule has 2 aromatic rings. The lowest BCUT2D eigenvalue weighted by molar-refractivity contribution is 0.414. The minimum Gasteiger partial charge on any atom is -0.497 e. The van der Waals surface area contributed by atoms with Crippen LogP contribution in [0.5, 0.6) is 5.75 Å². The number of nitrogens with zero attached hydrogens (tertiary/aromatic N) is 2. The van der Waals surface area contributed by atoms with Crippen LogP contribution in [0.4, 0.5) is 4.39 Å². The zero-order valence-electron chi connectivity index (χ0n) is 8.45. The van der Waals surface area contributed by atoms with E-state index >= 15 is 0 Å². The molecule has 5 heteroatoms. The molecule has 16 heavy (non-hydrogen) atoms. The summed E-state index contributed by atoms with van der Waals surface area (Å²) >= 11 is 5.57. The summed E-state index contributed by atoms with van der Waals surface area (Å²) in [6.07, 6.45) is 1.54. The second kappa shape index (κ2) is 4.45. The molecule has 0 aliphatic carbocycles. The lowest BCUT2D eigenvalue weighted by atomic mass is 10.2. The molecule has 2 rings (SSSR count). The molecule has 0 fully saturated rings. The van der Waals surface area contributed by atoms with Crippen molar-refractivity contribution in [1.82, 2.24) is 9.97 Å². The van der Waals surface area contributed by atoms with Crippen LogP contribution in [0.2, 0.25) is 5.15 Å². The van der Waals surface area contributed by atoms with Crippen molar-refractivity contribution in [3.8, 4) is 17.0 Å². The third-order valence-corrected chi connectivity index (χ3v) is 2.27. The summed E-state index contributed by atoms with van der Waals surface area (Å²) in [5, 5.41) is 0.115. The van der Waals surface area contributed by atoms with E-state index in [0.29, 0.717) is 17.0 Å². The van der Waals surface area contributed by atoms with Crippen molar-refractivity contribution in [3.05, 3.63) is 41.6 Å². The van der Waals surface area contributed by atoms with Gasteiger partial charge in [0.1, 0.15) is 10.9 Å². The fraction of sp³-hybridized carbons (Fsp3) is 0.0909. The molecular formula is C11H8ClFN2O. The van der Waals surface area contributed by atoms with E-state index in [2.05, 4.69) is 9.97 Å². The van der Waals surface area contributed by atoms with Gasteiger partial charge in [0.25, 0.3) is 0 Å². The van der Waals surface area contributed by atoms with Gasteiger partial charge in [-0.15, -0.1) is 0 Å². The Kier molecular flexibility index (Phi) is 3.01. The van der Waals surface area contributed by atoms with Gasteiger partial charge in [0.05, 0.1) is 18.4 Å². The van der Waals surface area contributed by atoms with Crippen LogP contribution in [-0.4, -0.2) is 17.1 Å². The molecule has 0 aromatic carbocycles. The van der Waals surface area contributed by atoms with Gasteiger partial charge in [-0.05, 0) is 18.2 Å². The van der Waals surface area contributed by atoms with E-state index in [9.17, 15) is 4.39 Å². The average Bonchev–Trinajstić information content (AvgIpc) is 2.29. The molecule has 2 aromatic heterocycles. The van der Waals surface area contributed by atoms with Gasteiger partial charge in [0.2, 0.25) is 5.95 Å². The number of methoxy groups -OCH3 is 1. The zero-order valence-corrected chi connectivity index (χ0v) is 9.20. The second-order valence-electron chi connectivity index (χ2n) is 3.05.